The molecule has 30 heavy (non-hydrogen) atoms. The molecule has 4 rings (SSSR count). The molecule has 0 unspecified atom stereocenters. The van der Waals surface area contributed by atoms with Crippen molar-refractivity contribution in [1.82, 2.24) is 19.9 Å². The maximum atomic E-state index is 13.0. The van der Waals surface area contributed by atoms with Crippen LogP contribution < -0.4 is 10.2 Å². The highest BCUT2D eigenvalue weighted by Gasteiger charge is 2.31. The van der Waals surface area contributed by atoms with Gasteiger partial charge in [-0.25, -0.2) is 15.0 Å². The van der Waals surface area contributed by atoms with Crippen LogP contribution in [0.4, 0.5) is 24.8 Å². The number of aromatic nitrogens is 4. The van der Waals surface area contributed by atoms with Gasteiger partial charge in [-0.2, -0.15) is 13.2 Å². The molecule has 0 aliphatic carbocycles. The Morgan fingerprint density at radius 3 is 2.63 bits per heavy atom. The first kappa shape index (κ1) is 20.6. The zero-order valence-corrected chi connectivity index (χ0v) is 17.8. The van der Waals surface area contributed by atoms with Crippen LogP contribution in [0.5, 0.6) is 0 Å². The van der Waals surface area contributed by atoms with Gasteiger partial charge in [0.15, 0.2) is 0 Å². The van der Waals surface area contributed by atoms with Crippen LogP contribution in [0.1, 0.15) is 30.1 Å². The fourth-order valence-corrected chi connectivity index (χ4v) is 4.33. The molecule has 0 atom stereocenters. The maximum absolute atomic E-state index is 13.0. The highest BCUT2D eigenvalue weighted by molar-refractivity contribution is 9.10. The van der Waals surface area contributed by atoms with Crippen molar-refractivity contribution < 1.29 is 13.2 Å². The first-order valence-corrected chi connectivity index (χ1v) is 10.3. The highest BCUT2D eigenvalue weighted by atomic mass is 79.9. The fourth-order valence-electron chi connectivity index (χ4n) is 3.67. The number of imidazole rings is 1. The number of halogens is 4. The van der Waals surface area contributed by atoms with Crippen molar-refractivity contribution in [1.29, 1.82) is 0 Å². The summed E-state index contributed by atoms with van der Waals surface area (Å²) in [6.07, 6.45) is 0.499. The average molecular weight is 481 g/mol. The van der Waals surface area contributed by atoms with E-state index in [9.17, 15) is 13.2 Å². The van der Waals surface area contributed by atoms with Gasteiger partial charge < -0.3 is 15.2 Å². The lowest BCUT2D eigenvalue weighted by atomic mass is 9.96. The van der Waals surface area contributed by atoms with Gasteiger partial charge in [-0.15, -0.1) is 0 Å². The number of hydrogen-bond donors (Lipinski definition) is 2. The summed E-state index contributed by atoms with van der Waals surface area (Å²) in [4.78, 5) is 18.4. The largest absolute Gasteiger partial charge is 0.416 e. The second kappa shape index (κ2) is 8.25. The van der Waals surface area contributed by atoms with Crippen molar-refractivity contribution in [2.45, 2.75) is 24.9 Å². The fraction of sp³-hybridized carbons (Fsp3) is 0.350. The van der Waals surface area contributed by atoms with Crippen molar-refractivity contribution in [3.63, 3.8) is 0 Å². The number of nitrogens with zero attached hydrogens (tertiary/aromatic N) is 4. The molecular weight excluding hydrogens is 461 g/mol. The van der Waals surface area contributed by atoms with Crippen molar-refractivity contribution in [3.05, 3.63) is 52.7 Å². The number of H-pyrrole nitrogens is 1. The minimum absolute atomic E-state index is 0.213. The molecule has 0 radical (unpaired) electrons. The quantitative estimate of drug-likeness (QED) is 0.545. The molecule has 0 amide bonds. The van der Waals surface area contributed by atoms with Gasteiger partial charge >= 0.3 is 6.18 Å². The predicted molar refractivity (Wildman–Crippen MR) is 112 cm³/mol. The topological polar surface area (TPSA) is 69.7 Å². The molecule has 1 fully saturated rings. The van der Waals surface area contributed by atoms with E-state index in [0.29, 0.717) is 11.3 Å². The number of rotatable bonds is 4. The number of nitrogens with one attached hydrogen (secondary N) is 2. The van der Waals surface area contributed by atoms with E-state index in [-0.39, 0.29) is 5.92 Å². The molecule has 2 N–H and O–H groups in total. The number of piperidine rings is 1. The number of hydrogen-bond acceptors (Lipinski definition) is 5. The summed E-state index contributed by atoms with van der Waals surface area (Å²) < 4.78 is 39.8. The summed E-state index contributed by atoms with van der Waals surface area (Å²) in [5, 5.41) is 3.03. The third kappa shape index (κ3) is 4.14. The first-order chi connectivity index (χ1) is 14.4. The Hall–Kier alpha value is -2.62. The van der Waals surface area contributed by atoms with E-state index >= 15 is 0 Å². The Morgan fingerprint density at radius 2 is 1.93 bits per heavy atom. The molecule has 3 heterocycles. The predicted octanol–water partition coefficient (Wildman–Crippen LogP) is 5.07. The minimum Gasteiger partial charge on any atom is -0.372 e. The van der Waals surface area contributed by atoms with Crippen molar-refractivity contribution in [3.8, 4) is 11.3 Å². The minimum atomic E-state index is -4.37. The van der Waals surface area contributed by atoms with Crippen LogP contribution in [-0.4, -0.2) is 40.1 Å². The van der Waals surface area contributed by atoms with Crippen LogP contribution in [-0.2, 0) is 6.18 Å². The molecule has 0 bridgehead atoms. The van der Waals surface area contributed by atoms with E-state index in [1.165, 1.54) is 12.4 Å². The lowest BCUT2D eigenvalue weighted by Gasteiger charge is -2.32. The van der Waals surface area contributed by atoms with Gasteiger partial charge in [-0.05, 0) is 40.9 Å². The third-order valence-electron chi connectivity index (χ3n) is 5.29. The van der Waals surface area contributed by atoms with Gasteiger partial charge in [0.25, 0.3) is 0 Å². The Morgan fingerprint density at radius 1 is 1.17 bits per heavy atom. The zero-order chi connectivity index (χ0) is 21.3. The molecule has 158 valence electrons. The molecule has 1 aromatic carbocycles. The van der Waals surface area contributed by atoms with Crippen LogP contribution in [0.15, 0.2) is 41.3 Å². The van der Waals surface area contributed by atoms with Gasteiger partial charge in [0.05, 0.1) is 17.5 Å². The van der Waals surface area contributed by atoms with Gasteiger partial charge in [0.2, 0.25) is 0 Å². The Balaban J connectivity index is 1.46. The standard InChI is InChI=1S/C20H20BrF3N6/c1-25-18-16(21)19(28-11-27-18)30-7-5-12(6-8-30)17-26-10-15(29-17)13-3-2-4-14(9-13)20(22,23)24/h2-4,9-12H,5-8H2,1H3,(H,26,29)(H,25,27,28). The van der Waals surface area contributed by atoms with Crippen LogP contribution in [0, 0.1) is 0 Å². The Bertz CT molecular complexity index is 1030. The highest BCUT2D eigenvalue weighted by Crippen LogP contribution is 2.35. The van der Waals surface area contributed by atoms with E-state index < -0.39 is 11.7 Å². The second-order valence-corrected chi connectivity index (χ2v) is 7.92. The van der Waals surface area contributed by atoms with Crippen LogP contribution in [0.2, 0.25) is 0 Å². The summed E-state index contributed by atoms with van der Waals surface area (Å²) in [7, 11) is 1.81. The SMILES string of the molecule is CNc1ncnc(N2CCC(c3ncc(-c4cccc(C(F)(F)F)c4)[nH]3)CC2)c1Br. The number of aromatic amines is 1. The zero-order valence-electron chi connectivity index (χ0n) is 16.2. The monoisotopic (exact) mass is 480 g/mol. The number of benzene rings is 1. The van der Waals surface area contributed by atoms with Crippen molar-refractivity contribution in [2.75, 3.05) is 30.4 Å². The number of alkyl halides is 3. The van der Waals surface area contributed by atoms with E-state index in [4.69, 9.17) is 0 Å². The average Bonchev–Trinajstić information content (AvgIpc) is 3.24. The molecule has 0 spiro atoms. The van der Waals surface area contributed by atoms with E-state index in [1.807, 2.05) is 7.05 Å². The molecule has 3 aromatic rings. The van der Waals surface area contributed by atoms with Gasteiger partial charge in [-0.3, -0.25) is 0 Å². The van der Waals surface area contributed by atoms with Crippen molar-refractivity contribution >= 4 is 27.6 Å². The van der Waals surface area contributed by atoms with Crippen LogP contribution in [0.25, 0.3) is 11.3 Å². The summed E-state index contributed by atoms with van der Waals surface area (Å²) in [5.41, 5.74) is 0.405. The normalized spacial score (nSPS) is 15.4. The van der Waals surface area contributed by atoms with Gasteiger partial charge in [0.1, 0.15) is 28.3 Å². The Kier molecular flexibility index (Phi) is 5.68. The van der Waals surface area contributed by atoms with E-state index in [0.717, 1.165) is 60.0 Å². The molecule has 1 aliphatic heterocycles. The molecule has 1 aliphatic rings. The molecule has 10 heteroatoms. The summed E-state index contributed by atoms with van der Waals surface area (Å²) in [6.45, 7) is 1.59. The van der Waals surface area contributed by atoms with E-state index in [1.54, 1.807) is 12.3 Å². The van der Waals surface area contributed by atoms with Gasteiger partial charge in [-0.1, -0.05) is 12.1 Å². The smallest absolute Gasteiger partial charge is 0.372 e. The molecule has 2 aromatic heterocycles. The maximum Gasteiger partial charge on any atom is 0.416 e. The Labute approximate surface area is 180 Å². The summed E-state index contributed by atoms with van der Waals surface area (Å²) in [6, 6.07) is 5.28. The first-order valence-electron chi connectivity index (χ1n) is 9.52. The van der Waals surface area contributed by atoms with Crippen LogP contribution >= 0.6 is 15.9 Å². The molecular formula is C20H20BrF3N6. The summed E-state index contributed by atoms with van der Waals surface area (Å²) in [5.74, 6) is 2.60. The van der Waals surface area contributed by atoms with Crippen molar-refractivity contribution in [2.24, 2.45) is 0 Å². The second-order valence-electron chi connectivity index (χ2n) is 7.13. The van der Waals surface area contributed by atoms with Gasteiger partial charge in [0, 0.05) is 31.6 Å². The third-order valence-corrected chi connectivity index (χ3v) is 6.02. The molecule has 6 nitrogen and oxygen atoms in total. The summed E-state index contributed by atoms with van der Waals surface area (Å²) >= 11 is 3.56. The van der Waals surface area contributed by atoms with Crippen LogP contribution in [0.3, 0.4) is 0 Å². The number of anilines is 2. The molecule has 0 saturated carbocycles. The molecule has 1 saturated heterocycles. The lowest BCUT2D eigenvalue weighted by Crippen LogP contribution is -2.34. The lowest BCUT2D eigenvalue weighted by molar-refractivity contribution is -0.137. The van der Waals surface area contributed by atoms with E-state index in [2.05, 4.69) is 46.1 Å².